The van der Waals surface area contributed by atoms with Crippen LogP contribution in [-0.2, 0) is 0 Å². The van der Waals surface area contributed by atoms with Crippen molar-refractivity contribution in [2.75, 3.05) is 12.4 Å². The van der Waals surface area contributed by atoms with Crippen molar-refractivity contribution in [3.63, 3.8) is 0 Å². The van der Waals surface area contributed by atoms with Crippen LogP contribution in [0.1, 0.15) is 15.9 Å². The number of nitro groups is 1. The van der Waals surface area contributed by atoms with E-state index in [0.29, 0.717) is 17.0 Å². The van der Waals surface area contributed by atoms with Crippen LogP contribution in [0, 0.1) is 17.0 Å². The number of methoxy groups -OCH3 is 1. The van der Waals surface area contributed by atoms with Gasteiger partial charge in [-0.15, -0.1) is 0 Å². The third-order valence-electron chi connectivity index (χ3n) is 3.03. The van der Waals surface area contributed by atoms with Crippen molar-refractivity contribution in [3.8, 4) is 5.75 Å². The maximum atomic E-state index is 12.1. The van der Waals surface area contributed by atoms with Gasteiger partial charge in [-0.05, 0) is 36.8 Å². The smallest absolute Gasteiger partial charge is 0.271 e. The van der Waals surface area contributed by atoms with Crippen molar-refractivity contribution in [2.45, 2.75) is 6.92 Å². The summed E-state index contributed by atoms with van der Waals surface area (Å²) in [5.41, 5.74) is 1.56. The summed E-state index contributed by atoms with van der Waals surface area (Å²) in [6.07, 6.45) is 0. The fourth-order valence-electron chi connectivity index (χ4n) is 1.80. The fourth-order valence-corrected chi connectivity index (χ4v) is 1.80. The molecule has 2 aromatic carbocycles. The first-order valence-electron chi connectivity index (χ1n) is 6.21. The van der Waals surface area contributed by atoms with E-state index in [0.717, 1.165) is 5.56 Å². The molecule has 0 aromatic heterocycles. The average molecular weight is 286 g/mol. The number of aryl methyl sites for hydroxylation is 1. The molecule has 108 valence electrons. The van der Waals surface area contributed by atoms with E-state index in [1.165, 1.54) is 12.1 Å². The molecule has 0 saturated heterocycles. The number of hydrogen-bond acceptors (Lipinski definition) is 4. The third-order valence-corrected chi connectivity index (χ3v) is 3.03. The first kappa shape index (κ1) is 14.5. The fraction of sp³-hybridized carbons (Fsp3) is 0.133. The van der Waals surface area contributed by atoms with Crippen LogP contribution in [0.25, 0.3) is 0 Å². The van der Waals surface area contributed by atoms with Crippen LogP contribution >= 0.6 is 0 Å². The zero-order valence-corrected chi connectivity index (χ0v) is 11.6. The molecule has 0 aliphatic carbocycles. The zero-order valence-electron chi connectivity index (χ0n) is 11.6. The Hall–Kier alpha value is -2.89. The highest BCUT2D eigenvalue weighted by atomic mass is 16.6. The van der Waals surface area contributed by atoms with E-state index in [9.17, 15) is 14.9 Å². The zero-order chi connectivity index (χ0) is 15.4. The van der Waals surface area contributed by atoms with Crippen molar-refractivity contribution < 1.29 is 14.5 Å². The van der Waals surface area contributed by atoms with Gasteiger partial charge in [0.15, 0.2) is 0 Å². The highest BCUT2D eigenvalue weighted by Crippen LogP contribution is 2.22. The minimum atomic E-state index is -0.498. The Bertz CT molecular complexity index is 681. The largest absolute Gasteiger partial charge is 0.497 e. The number of carbonyl (C=O) groups excluding carboxylic acids is 1. The molecule has 2 aromatic rings. The molecular weight excluding hydrogens is 272 g/mol. The van der Waals surface area contributed by atoms with Crippen LogP contribution in [-0.4, -0.2) is 17.9 Å². The van der Waals surface area contributed by atoms with E-state index in [1.807, 2.05) is 0 Å². The summed E-state index contributed by atoms with van der Waals surface area (Å²) in [6, 6.07) is 10.9. The molecule has 0 aliphatic heterocycles. The lowest BCUT2D eigenvalue weighted by Crippen LogP contribution is -2.12. The molecule has 0 heterocycles. The molecule has 1 amide bonds. The predicted molar refractivity (Wildman–Crippen MR) is 78.8 cm³/mol. The first-order chi connectivity index (χ1) is 10.0. The van der Waals surface area contributed by atoms with E-state index < -0.39 is 4.92 Å². The summed E-state index contributed by atoms with van der Waals surface area (Å²) >= 11 is 0. The second-order valence-electron chi connectivity index (χ2n) is 4.44. The topological polar surface area (TPSA) is 81.5 Å². The van der Waals surface area contributed by atoms with Gasteiger partial charge < -0.3 is 10.1 Å². The van der Waals surface area contributed by atoms with Crippen LogP contribution < -0.4 is 10.1 Å². The van der Waals surface area contributed by atoms with E-state index >= 15 is 0 Å². The van der Waals surface area contributed by atoms with Crippen molar-refractivity contribution in [1.29, 1.82) is 0 Å². The number of ether oxygens (including phenoxy) is 1. The van der Waals surface area contributed by atoms with Gasteiger partial charge >= 0.3 is 0 Å². The van der Waals surface area contributed by atoms with Gasteiger partial charge in [-0.2, -0.15) is 0 Å². The summed E-state index contributed by atoms with van der Waals surface area (Å²) in [6.45, 7) is 1.77. The Labute approximate surface area is 121 Å². The Morgan fingerprint density at radius 2 is 1.86 bits per heavy atom. The molecule has 0 spiro atoms. The van der Waals surface area contributed by atoms with Gasteiger partial charge in [0.1, 0.15) is 5.75 Å². The number of hydrogen-bond donors (Lipinski definition) is 1. The highest BCUT2D eigenvalue weighted by molar-refractivity contribution is 6.04. The minimum absolute atomic E-state index is 0.0642. The highest BCUT2D eigenvalue weighted by Gasteiger charge is 2.12. The van der Waals surface area contributed by atoms with Gasteiger partial charge in [-0.25, -0.2) is 0 Å². The van der Waals surface area contributed by atoms with Crippen molar-refractivity contribution >= 4 is 17.3 Å². The van der Waals surface area contributed by atoms with Crippen molar-refractivity contribution in [2.24, 2.45) is 0 Å². The molecular formula is C15H14N2O4. The maximum Gasteiger partial charge on any atom is 0.271 e. The number of benzene rings is 2. The number of carbonyl (C=O) groups is 1. The van der Waals surface area contributed by atoms with Gasteiger partial charge in [-0.3, -0.25) is 14.9 Å². The van der Waals surface area contributed by atoms with Gasteiger partial charge in [-0.1, -0.05) is 6.07 Å². The quantitative estimate of drug-likeness (QED) is 0.691. The SMILES string of the molecule is COc1ccc(C(=O)Nc2cc([N+](=O)[O-])ccc2C)cc1. The summed E-state index contributed by atoms with van der Waals surface area (Å²) < 4.78 is 5.02. The molecule has 2 rings (SSSR count). The Balaban J connectivity index is 2.22. The molecule has 0 aliphatic rings. The second-order valence-corrected chi connectivity index (χ2v) is 4.44. The molecule has 0 bridgehead atoms. The maximum absolute atomic E-state index is 12.1. The van der Waals surface area contributed by atoms with E-state index in [4.69, 9.17) is 4.74 Å². The van der Waals surface area contributed by atoms with E-state index in [1.54, 1.807) is 44.4 Å². The van der Waals surface area contributed by atoms with Gasteiger partial charge in [0, 0.05) is 17.7 Å². The average Bonchev–Trinajstić information content (AvgIpc) is 2.49. The van der Waals surface area contributed by atoms with Crippen LogP contribution in [0.2, 0.25) is 0 Å². The molecule has 0 unspecified atom stereocenters. The number of nitrogens with zero attached hydrogens (tertiary/aromatic N) is 1. The second kappa shape index (κ2) is 6.04. The normalized spacial score (nSPS) is 10.0. The lowest BCUT2D eigenvalue weighted by molar-refractivity contribution is -0.384. The molecule has 6 nitrogen and oxygen atoms in total. The Kier molecular flexibility index (Phi) is 4.18. The molecule has 6 heteroatoms. The van der Waals surface area contributed by atoms with Crippen LogP contribution in [0.3, 0.4) is 0 Å². The summed E-state index contributed by atoms with van der Waals surface area (Å²) in [4.78, 5) is 22.4. The molecule has 1 N–H and O–H groups in total. The molecule has 21 heavy (non-hydrogen) atoms. The number of anilines is 1. The standard InChI is InChI=1S/C15H14N2O4/c1-10-3-6-12(17(19)20)9-14(10)16-15(18)11-4-7-13(21-2)8-5-11/h3-9H,1-2H3,(H,16,18). The van der Waals surface area contributed by atoms with E-state index in [2.05, 4.69) is 5.32 Å². The number of nitrogens with one attached hydrogen (secondary N) is 1. The number of nitro benzene ring substituents is 1. The number of amides is 1. The van der Waals surface area contributed by atoms with Crippen molar-refractivity contribution in [1.82, 2.24) is 0 Å². The summed E-state index contributed by atoms with van der Waals surface area (Å²) in [5.74, 6) is 0.319. The third kappa shape index (κ3) is 3.36. The Morgan fingerprint density at radius 3 is 2.43 bits per heavy atom. The minimum Gasteiger partial charge on any atom is -0.497 e. The van der Waals surface area contributed by atoms with Crippen LogP contribution in [0.15, 0.2) is 42.5 Å². The lowest BCUT2D eigenvalue weighted by Gasteiger charge is -2.08. The van der Waals surface area contributed by atoms with Gasteiger partial charge in [0.2, 0.25) is 0 Å². The summed E-state index contributed by atoms with van der Waals surface area (Å²) in [7, 11) is 1.54. The monoisotopic (exact) mass is 286 g/mol. The predicted octanol–water partition coefficient (Wildman–Crippen LogP) is 3.16. The number of rotatable bonds is 4. The molecule has 0 fully saturated rings. The molecule has 0 atom stereocenters. The molecule has 0 radical (unpaired) electrons. The van der Waals surface area contributed by atoms with Gasteiger partial charge in [0.05, 0.1) is 17.7 Å². The molecule has 0 saturated carbocycles. The van der Waals surface area contributed by atoms with Gasteiger partial charge in [0.25, 0.3) is 11.6 Å². The van der Waals surface area contributed by atoms with Crippen LogP contribution in [0.4, 0.5) is 11.4 Å². The van der Waals surface area contributed by atoms with E-state index in [-0.39, 0.29) is 11.6 Å². The Morgan fingerprint density at radius 1 is 1.19 bits per heavy atom. The first-order valence-corrected chi connectivity index (χ1v) is 6.21. The summed E-state index contributed by atoms with van der Waals surface area (Å²) in [5, 5.41) is 13.4. The lowest BCUT2D eigenvalue weighted by atomic mass is 10.1. The number of non-ortho nitro benzene ring substituents is 1. The van der Waals surface area contributed by atoms with Crippen molar-refractivity contribution in [3.05, 3.63) is 63.7 Å². The van der Waals surface area contributed by atoms with Crippen LogP contribution in [0.5, 0.6) is 5.75 Å².